The molecule has 0 unspecified atom stereocenters. The van der Waals surface area contributed by atoms with Gasteiger partial charge in [0.2, 0.25) is 5.91 Å². The summed E-state index contributed by atoms with van der Waals surface area (Å²) in [4.78, 5) is 12.1. The van der Waals surface area contributed by atoms with Crippen molar-refractivity contribution in [1.82, 2.24) is 5.16 Å². The molecular weight excluding hydrogens is 422 g/mol. The number of amides is 1. The number of hydrogen-bond donors (Lipinski definition) is 2. The van der Waals surface area contributed by atoms with Crippen LogP contribution in [0.5, 0.6) is 11.5 Å². The number of sulfonamides is 1. The Bertz CT molecular complexity index is 1110. The molecule has 0 aliphatic rings. The highest BCUT2D eigenvalue weighted by molar-refractivity contribution is 7.92. The first kappa shape index (κ1) is 22.2. The van der Waals surface area contributed by atoms with Crippen LogP contribution in [0.25, 0.3) is 0 Å². The third-order valence-electron chi connectivity index (χ3n) is 4.19. The number of carbonyl (C=O) groups excluding carboxylic acids is 1. The van der Waals surface area contributed by atoms with Gasteiger partial charge < -0.3 is 19.3 Å². The van der Waals surface area contributed by atoms with Crippen molar-refractivity contribution in [1.29, 1.82) is 0 Å². The lowest BCUT2D eigenvalue weighted by atomic mass is 10.2. The third kappa shape index (κ3) is 6.48. The second-order valence-corrected chi connectivity index (χ2v) is 8.31. The van der Waals surface area contributed by atoms with Gasteiger partial charge in [-0.15, -0.1) is 0 Å². The highest BCUT2D eigenvalue weighted by Crippen LogP contribution is 2.19. The molecule has 1 aromatic heterocycles. The Morgan fingerprint density at radius 1 is 1.06 bits per heavy atom. The van der Waals surface area contributed by atoms with Crippen molar-refractivity contribution in [3.05, 3.63) is 60.4 Å². The number of carbonyl (C=O) groups is 1. The molecule has 3 aromatic rings. The second-order valence-electron chi connectivity index (χ2n) is 6.63. The molecule has 0 saturated carbocycles. The third-order valence-corrected chi connectivity index (χ3v) is 5.56. The summed E-state index contributed by atoms with van der Waals surface area (Å²) in [5, 5.41) is 6.34. The SMILES string of the molecule is COc1ccc(OCCCC(=O)Nc2ccc(S(=O)(=O)Nc3cc(C)on3)cc2)cc1. The molecule has 10 heteroatoms. The van der Waals surface area contributed by atoms with E-state index in [1.54, 1.807) is 38.3 Å². The van der Waals surface area contributed by atoms with Crippen LogP contribution >= 0.6 is 0 Å². The fourth-order valence-electron chi connectivity index (χ4n) is 2.65. The Labute approximate surface area is 180 Å². The van der Waals surface area contributed by atoms with Gasteiger partial charge in [-0.2, -0.15) is 0 Å². The molecule has 3 rings (SSSR count). The van der Waals surface area contributed by atoms with Crippen LogP contribution in [0.3, 0.4) is 0 Å². The maximum atomic E-state index is 12.4. The van der Waals surface area contributed by atoms with Crippen molar-refractivity contribution in [3.63, 3.8) is 0 Å². The first-order valence-corrected chi connectivity index (χ1v) is 11.0. The summed E-state index contributed by atoms with van der Waals surface area (Å²) in [5.41, 5.74) is 0.498. The number of rotatable bonds is 10. The van der Waals surface area contributed by atoms with Crippen LogP contribution < -0.4 is 19.5 Å². The van der Waals surface area contributed by atoms with Gasteiger partial charge in [0.25, 0.3) is 10.0 Å². The minimum Gasteiger partial charge on any atom is -0.497 e. The van der Waals surface area contributed by atoms with Gasteiger partial charge in [-0.05, 0) is 61.9 Å². The molecule has 0 saturated heterocycles. The maximum Gasteiger partial charge on any atom is 0.263 e. The molecule has 1 amide bonds. The van der Waals surface area contributed by atoms with Crippen LogP contribution in [0.2, 0.25) is 0 Å². The lowest BCUT2D eigenvalue weighted by Gasteiger charge is -2.09. The Morgan fingerprint density at radius 3 is 2.35 bits per heavy atom. The summed E-state index contributed by atoms with van der Waals surface area (Å²) in [6.07, 6.45) is 0.800. The van der Waals surface area contributed by atoms with E-state index in [2.05, 4.69) is 15.2 Å². The van der Waals surface area contributed by atoms with Crippen LogP contribution in [0.1, 0.15) is 18.6 Å². The van der Waals surface area contributed by atoms with E-state index in [0.717, 1.165) is 5.75 Å². The lowest BCUT2D eigenvalue weighted by molar-refractivity contribution is -0.116. The standard InChI is InChI=1S/C21H23N3O6S/c1-15-14-20(23-30-15)24-31(26,27)19-11-5-16(6-12-19)22-21(25)4-3-13-29-18-9-7-17(28-2)8-10-18/h5-12,14H,3-4,13H2,1-2H3,(H,22,25)(H,23,24). The first-order chi connectivity index (χ1) is 14.9. The number of benzene rings is 2. The summed E-state index contributed by atoms with van der Waals surface area (Å²) >= 11 is 0. The number of nitrogens with zero attached hydrogens (tertiary/aromatic N) is 1. The number of nitrogens with one attached hydrogen (secondary N) is 2. The number of anilines is 2. The Hall–Kier alpha value is -3.53. The molecule has 31 heavy (non-hydrogen) atoms. The summed E-state index contributed by atoms with van der Waals surface area (Å²) in [5.74, 6) is 1.85. The Kier molecular flexibility index (Phi) is 7.14. The normalized spacial score (nSPS) is 11.0. The van der Waals surface area contributed by atoms with E-state index in [1.807, 2.05) is 0 Å². The number of aromatic nitrogens is 1. The smallest absolute Gasteiger partial charge is 0.263 e. The van der Waals surface area contributed by atoms with E-state index >= 15 is 0 Å². The summed E-state index contributed by atoms with van der Waals surface area (Å²) < 4.78 is 42.6. The van der Waals surface area contributed by atoms with E-state index in [1.165, 1.54) is 30.3 Å². The molecule has 164 valence electrons. The molecule has 0 spiro atoms. The molecule has 0 aliphatic carbocycles. The number of methoxy groups -OCH3 is 1. The van der Waals surface area contributed by atoms with E-state index in [0.29, 0.717) is 30.2 Å². The van der Waals surface area contributed by atoms with E-state index in [-0.39, 0.29) is 23.0 Å². The van der Waals surface area contributed by atoms with E-state index < -0.39 is 10.0 Å². The molecule has 0 fully saturated rings. The van der Waals surface area contributed by atoms with Gasteiger partial charge in [-0.25, -0.2) is 8.42 Å². The monoisotopic (exact) mass is 445 g/mol. The van der Waals surface area contributed by atoms with Crippen LogP contribution in [0.15, 0.2) is 64.0 Å². The fourth-order valence-corrected chi connectivity index (χ4v) is 3.63. The van der Waals surface area contributed by atoms with Crippen LogP contribution in [0, 0.1) is 6.92 Å². The minimum atomic E-state index is -3.80. The van der Waals surface area contributed by atoms with Crippen molar-refractivity contribution in [2.24, 2.45) is 0 Å². The predicted molar refractivity (Wildman–Crippen MR) is 115 cm³/mol. The fraction of sp³-hybridized carbons (Fsp3) is 0.238. The zero-order chi connectivity index (χ0) is 22.3. The average molecular weight is 445 g/mol. The van der Waals surface area contributed by atoms with Gasteiger partial charge in [0.15, 0.2) is 5.82 Å². The Balaban J connectivity index is 1.44. The van der Waals surface area contributed by atoms with Crippen LogP contribution in [-0.2, 0) is 14.8 Å². The molecule has 9 nitrogen and oxygen atoms in total. The zero-order valence-corrected chi connectivity index (χ0v) is 17.9. The van der Waals surface area contributed by atoms with Gasteiger partial charge in [-0.3, -0.25) is 9.52 Å². The number of ether oxygens (including phenoxy) is 2. The van der Waals surface area contributed by atoms with Gasteiger partial charge in [0.05, 0.1) is 18.6 Å². The molecule has 0 radical (unpaired) electrons. The summed E-state index contributed by atoms with van der Waals surface area (Å²) in [7, 11) is -2.21. The van der Waals surface area contributed by atoms with Crippen LogP contribution in [0.4, 0.5) is 11.5 Å². The molecule has 1 heterocycles. The molecule has 0 aliphatic heterocycles. The zero-order valence-electron chi connectivity index (χ0n) is 17.1. The summed E-state index contributed by atoms with van der Waals surface area (Å²) in [6, 6.07) is 14.5. The lowest BCUT2D eigenvalue weighted by Crippen LogP contribution is -2.14. The molecule has 0 atom stereocenters. The first-order valence-electron chi connectivity index (χ1n) is 9.48. The maximum absolute atomic E-state index is 12.4. The largest absolute Gasteiger partial charge is 0.497 e. The topological polar surface area (TPSA) is 120 Å². The predicted octanol–water partition coefficient (Wildman–Crippen LogP) is 3.59. The quantitative estimate of drug-likeness (QED) is 0.458. The number of hydrogen-bond acceptors (Lipinski definition) is 7. The van der Waals surface area contributed by atoms with Crippen LogP contribution in [-0.4, -0.2) is 33.2 Å². The second kappa shape index (κ2) is 9.98. The highest BCUT2D eigenvalue weighted by atomic mass is 32.2. The Morgan fingerprint density at radius 2 is 1.74 bits per heavy atom. The number of aryl methyl sites for hydroxylation is 1. The van der Waals surface area contributed by atoms with Gasteiger partial charge in [0, 0.05) is 18.2 Å². The van der Waals surface area contributed by atoms with Crippen molar-refractivity contribution >= 4 is 27.4 Å². The van der Waals surface area contributed by atoms with Gasteiger partial charge in [0.1, 0.15) is 17.3 Å². The van der Waals surface area contributed by atoms with Gasteiger partial charge in [-0.1, -0.05) is 5.16 Å². The van der Waals surface area contributed by atoms with Crippen molar-refractivity contribution in [3.8, 4) is 11.5 Å². The highest BCUT2D eigenvalue weighted by Gasteiger charge is 2.16. The molecule has 2 aromatic carbocycles. The van der Waals surface area contributed by atoms with E-state index in [4.69, 9.17) is 14.0 Å². The van der Waals surface area contributed by atoms with Gasteiger partial charge >= 0.3 is 0 Å². The van der Waals surface area contributed by atoms with Crippen molar-refractivity contribution in [2.45, 2.75) is 24.7 Å². The van der Waals surface area contributed by atoms with Crippen molar-refractivity contribution < 1.29 is 27.2 Å². The molecular formula is C21H23N3O6S. The molecule has 0 bridgehead atoms. The molecule has 2 N–H and O–H groups in total. The minimum absolute atomic E-state index is 0.0408. The average Bonchev–Trinajstić information content (AvgIpc) is 3.16. The van der Waals surface area contributed by atoms with Crippen molar-refractivity contribution in [2.75, 3.05) is 23.8 Å². The summed E-state index contributed by atoms with van der Waals surface area (Å²) in [6.45, 7) is 2.05. The van der Waals surface area contributed by atoms with E-state index in [9.17, 15) is 13.2 Å².